The van der Waals surface area contributed by atoms with Gasteiger partial charge in [-0.3, -0.25) is 14.5 Å². The van der Waals surface area contributed by atoms with Gasteiger partial charge in [0.05, 0.1) is 17.0 Å². The van der Waals surface area contributed by atoms with Crippen LogP contribution in [0.3, 0.4) is 0 Å². The molecule has 0 aliphatic carbocycles. The van der Waals surface area contributed by atoms with E-state index in [4.69, 9.17) is 4.42 Å². The van der Waals surface area contributed by atoms with Crippen LogP contribution in [0.4, 0.5) is 10.2 Å². The fourth-order valence-electron chi connectivity index (χ4n) is 3.61. The SMILES string of the molecule is O=C1c2oc3ccccc3c(=O)c2[C@H](c2ccc(F)cc2)N1c1ccccn1. The molecule has 0 unspecified atom stereocenters. The lowest BCUT2D eigenvalue weighted by molar-refractivity contribution is 0.0970. The zero-order valence-electron chi connectivity index (χ0n) is 14.5. The van der Waals surface area contributed by atoms with E-state index in [1.54, 1.807) is 60.8 Å². The van der Waals surface area contributed by atoms with Crippen LogP contribution in [-0.2, 0) is 0 Å². The number of rotatable bonds is 2. The van der Waals surface area contributed by atoms with E-state index >= 15 is 0 Å². The molecule has 0 spiro atoms. The minimum absolute atomic E-state index is 0.0105. The zero-order valence-corrected chi connectivity index (χ0v) is 14.5. The van der Waals surface area contributed by atoms with Crippen molar-refractivity contribution in [3.63, 3.8) is 0 Å². The van der Waals surface area contributed by atoms with Crippen LogP contribution in [-0.4, -0.2) is 10.9 Å². The molecule has 28 heavy (non-hydrogen) atoms. The molecule has 1 atom stereocenters. The number of fused-ring (bicyclic) bond motifs is 2. The Morgan fingerprint density at radius 2 is 1.68 bits per heavy atom. The third-order valence-electron chi connectivity index (χ3n) is 4.86. The Morgan fingerprint density at radius 3 is 2.43 bits per heavy atom. The number of anilines is 1. The summed E-state index contributed by atoms with van der Waals surface area (Å²) in [6, 6.07) is 17.0. The van der Waals surface area contributed by atoms with Gasteiger partial charge in [-0.25, -0.2) is 9.37 Å². The molecule has 5 rings (SSSR count). The number of amides is 1. The maximum atomic E-state index is 13.5. The van der Waals surface area contributed by atoms with Crippen LogP contribution in [0.2, 0.25) is 0 Å². The van der Waals surface area contributed by atoms with Crippen molar-refractivity contribution in [2.24, 2.45) is 0 Å². The number of halogens is 1. The highest BCUT2D eigenvalue weighted by Crippen LogP contribution is 2.40. The summed E-state index contributed by atoms with van der Waals surface area (Å²) in [6.07, 6.45) is 1.57. The number of hydrogen-bond donors (Lipinski definition) is 0. The van der Waals surface area contributed by atoms with Crippen molar-refractivity contribution in [2.75, 3.05) is 4.90 Å². The minimum Gasteiger partial charge on any atom is -0.450 e. The Bertz CT molecular complexity index is 1270. The van der Waals surface area contributed by atoms with Crippen molar-refractivity contribution in [2.45, 2.75) is 6.04 Å². The van der Waals surface area contributed by atoms with Crippen molar-refractivity contribution < 1.29 is 13.6 Å². The topological polar surface area (TPSA) is 63.4 Å². The second-order valence-corrected chi connectivity index (χ2v) is 6.49. The van der Waals surface area contributed by atoms with E-state index in [1.165, 1.54) is 17.0 Å². The first-order valence-electron chi connectivity index (χ1n) is 8.71. The average Bonchev–Trinajstić information content (AvgIpc) is 3.02. The van der Waals surface area contributed by atoms with Crippen molar-refractivity contribution in [3.8, 4) is 0 Å². The lowest BCUT2D eigenvalue weighted by atomic mass is 9.98. The molecule has 1 aliphatic heterocycles. The molecule has 0 saturated heterocycles. The highest BCUT2D eigenvalue weighted by atomic mass is 19.1. The number of para-hydroxylation sites is 1. The Labute approximate surface area is 158 Å². The van der Waals surface area contributed by atoms with Crippen molar-refractivity contribution in [3.05, 3.63) is 106 Å². The first kappa shape index (κ1) is 16.4. The van der Waals surface area contributed by atoms with Crippen molar-refractivity contribution in [1.29, 1.82) is 0 Å². The van der Waals surface area contributed by atoms with Crippen LogP contribution in [0.1, 0.15) is 27.7 Å². The maximum Gasteiger partial charge on any atom is 0.296 e. The zero-order chi connectivity index (χ0) is 19.3. The average molecular weight is 372 g/mol. The van der Waals surface area contributed by atoms with Gasteiger partial charge >= 0.3 is 0 Å². The molecular weight excluding hydrogens is 359 g/mol. The summed E-state index contributed by atoms with van der Waals surface area (Å²) in [5.41, 5.74) is 0.904. The lowest BCUT2D eigenvalue weighted by Crippen LogP contribution is -2.30. The first-order valence-corrected chi connectivity index (χ1v) is 8.71. The minimum atomic E-state index is -0.751. The Kier molecular flexibility index (Phi) is 3.58. The van der Waals surface area contributed by atoms with E-state index in [-0.39, 0.29) is 16.8 Å². The smallest absolute Gasteiger partial charge is 0.296 e. The summed E-state index contributed by atoms with van der Waals surface area (Å²) in [5, 5.41) is 0.393. The van der Waals surface area contributed by atoms with E-state index in [1.807, 2.05) is 0 Å². The van der Waals surface area contributed by atoms with Gasteiger partial charge in [-0.05, 0) is 42.0 Å². The molecule has 0 N–H and O–H groups in total. The van der Waals surface area contributed by atoms with E-state index in [0.717, 1.165) is 0 Å². The lowest BCUT2D eigenvalue weighted by Gasteiger charge is -2.24. The van der Waals surface area contributed by atoms with Gasteiger partial charge in [-0.15, -0.1) is 0 Å². The third kappa shape index (κ3) is 2.35. The normalized spacial score (nSPS) is 15.8. The number of carbonyl (C=O) groups excluding carboxylic acids is 1. The molecule has 2 aromatic carbocycles. The summed E-state index contributed by atoms with van der Waals surface area (Å²) in [4.78, 5) is 32.2. The predicted octanol–water partition coefficient (Wildman–Crippen LogP) is 4.08. The summed E-state index contributed by atoms with van der Waals surface area (Å²) in [5.74, 6) is -0.477. The number of aromatic nitrogens is 1. The molecule has 1 amide bonds. The number of pyridine rings is 1. The molecule has 0 fully saturated rings. The van der Waals surface area contributed by atoms with Crippen LogP contribution in [0.25, 0.3) is 11.0 Å². The molecule has 4 aromatic rings. The number of hydrogen-bond acceptors (Lipinski definition) is 4. The van der Waals surface area contributed by atoms with Gasteiger partial charge in [0, 0.05) is 6.20 Å². The van der Waals surface area contributed by atoms with E-state index in [2.05, 4.69) is 4.98 Å². The Morgan fingerprint density at radius 1 is 0.929 bits per heavy atom. The fourth-order valence-corrected chi connectivity index (χ4v) is 3.61. The van der Waals surface area contributed by atoms with E-state index in [0.29, 0.717) is 22.4 Å². The summed E-state index contributed by atoms with van der Waals surface area (Å²) < 4.78 is 19.3. The molecule has 3 heterocycles. The summed E-state index contributed by atoms with van der Waals surface area (Å²) in [7, 11) is 0. The van der Waals surface area contributed by atoms with Crippen LogP contribution < -0.4 is 10.3 Å². The third-order valence-corrected chi connectivity index (χ3v) is 4.86. The monoisotopic (exact) mass is 372 g/mol. The van der Waals surface area contributed by atoms with Gasteiger partial charge in [0.2, 0.25) is 5.76 Å². The van der Waals surface area contributed by atoms with Gasteiger partial charge in [0.25, 0.3) is 5.91 Å². The Balaban J connectivity index is 1.83. The second-order valence-electron chi connectivity index (χ2n) is 6.49. The molecule has 5 nitrogen and oxygen atoms in total. The first-order chi connectivity index (χ1) is 13.6. The largest absolute Gasteiger partial charge is 0.450 e. The van der Waals surface area contributed by atoms with Crippen LogP contribution in [0.15, 0.2) is 82.1 Å². The summed E-state index contributed by atoms with van der Waals surface area (Å²) >= 11 is 0. The molecule has 136 valence electrons. The van der Waals surface area contributed by atoms with Gasteiger partial charge in [0.15, 0.2) is 5.43 Å². The fraction of sp³-hybridized carbons (Fsp3) is 0.0455. The van der Waals surface area contributed by atoms with Crippen LogP contribution in [0, 0.1) is 5.82 Å². The van der Waals surface area contributed by atoms with Gasteiger partial charge in [0.1, 0.15) is 17.2 Å². The van der Waals surface area contributed by atoms with Crippen LogP contribution in [0.5, 0.6) is 0 Å². The van der Waals surface area contributed by atoms with E-state index < -0.39 is 17.8 Å². The van der Waals surface area contributed by atoms with Crippen molar-refractivity contribution in [1.82, 2.24) is 4.98 Å². The van der Waals surface area contributed by atoms with E-state index in [9.17, 15) is 14.0 Å². The van der Waals surface area contributed by atoms with Crippen LogP contribution >= 0.6 is 0 Å². The molecule has 0 radical (unpaired) electrons. The number of benzene rings is 2. The molecule has 0 bridgehead atoms. The van der Waals surface area contributed by atoms with Gasteiger partial charge in [-0.2, -0.15) is 0 Å². The highest BCUT2D eigenvalue weighted by molar-refractivity contribution is 6.10. The quantitative estimate of drug-likeness (QED) is 0.532. The van der Waals surface area contributed by atoms with Gasteiger partial charge in [-0.1, -0.05) is 30.3 Å². The molecule has 2 aromatic heterocycles. The number of nitrogens with zero attached hydrogens (tertiary/aromatic N) is 2. The molecule has 0 saturated carbocycles. The maximum absolute atomic E-state index is 13.5. The van der Waals surface area contributed by atoms with Crippen molar-refractivity contribution >= 4 is 22.7 Å². The highest BCUT2D eigenvalue weighted by Gasteiger charge is 2.44. The summed E-state index contributed by atoms with van der Waals surface area (Å²) in [6.45, 7) is 0. The standard InChI is InChI=1S/C22H13FN2O3/c23-14-10-8-13(9-11-14)19-18-20(26)15-5-1-2-6-16(15)28-21(18)22(27)25(19)17-7-3-4-12-24-17/h1-12,19H/t19-/m0/s1. The van der Waals surface area contributed by atoms with Gasteiger partial charge < -0.3 is 4.42 Å². The predicted molar refractivity (Wildman–Crippen MR) is 102 cm³/mol. The second kappa shape index (κ2) is 6.13. The molecular formula is C22H13FN2O3. The molecule has 1 aliphatic rings. The molecule has 6 heteroatoms. The number of carbonyl (C=O) groups is 1. The Hall–Kier alpha value is -3.80.